The maximum Gasteiger partial charge on any atom is 0.321 e. The highest BCUT2D eigenvalue weighted by Crippen LogP contribution is 2.39. The highest BCUT2D eigenvalue weighted by molar-refractivity contribution is 8.00. The highest BCUT2D eigenvalue weighted by Gasteiger charge is 2.33. The number of carbonyl (C=O) groups is 2. The zero-order valence-corrected chi connectivity index (χ0v) is 17.2. The number of rotatable bonds is 6. The molecular weight excluding hydrogens is 374 g/mol. The van der Waals surface area contributed by atoms with E-state index in [0.29, 0.717) is 30.3 Å². The first-order valence-electron chi connectivity index (χ1n) is 9.13. The average molecular weight is 400 g/mol. The number of ether oxygens (including phenoxy) is 1. The largest absolute Gasteiger partial charge is 0.495 e. The van der Waals surface area contributed by atoms with Gasteiger partial charge in [-0.3, -0.25) is 4.79 Å². The second-order valence-electron chi connectivity index (χ2n) is 6.66. The molecule has 6 nitrogen and oxygen atoms in total. The van der Waals surface area contributed by atoms with E-state index in [-0.39, 0.29) is 17.3 Å². The lowest BCUT2D eigenvalue weighted by Gasteiger charge is -2.28. The van der Waals surface area contributed by atoms with E-state index >= 15 is 0 Å². The van der Waals surface area contributed by atoms with Crippen LogP contribution in [0.2, 0.25) is 0 Å². The van der Waals surface area contributed by atoms with Crippen molar-refractivity contribution in [3.8, 4) is 5.75 Å². The van der Waals surface area contributed by atoms with E-state index in [1.165, 1.54) is 5.56 Å². The number of para-hydroxylation sites is 2. The van der Waals surface area contributed by atoms with Crippen LogP contribution in [0, 0.1) is 6.92 Å². The Labute approximate surface area is 169 Å². The van der Waals surface area contributed by atoms with Gasteiger partial charge in [0.25, 0.3) is 0 Å². The Hall–Kier alpha value is -2.67. The molecule has 1 atom stereocenters. The smallest absolute Gasteiger partial charge is 0.321 e. The molecule has 0 saturated carbocycles. The molecule has 3 rings (SSSR count). The first kappa shape index (κ1) is 20.1. The van der Waals surface area contributed by atoms with Crippen LogP contribution in [0.15, 0.2) is 48.5 Å². The number of hydrogen-bond acceptors (Lipinski definition) is 4. The SMILES string of the molecule is COc1ccccc1NC(=O)N(C)CCN1C(=O)CS[C@H]1c1ccccc1C. The summed E-state index contributed by atoms with van der Waals surface area (Å²) in [5, 5.41) is 2.85. The van der Waals surface area contributed by atoms with Crippen molar-refractivity contribution in [3.05, 3.63) is 59.7 Å². The summed E-state index contributed by atoms with van der Waals surface area (Å²) >= 11 is 1.63. The molecule has 0 unspecified atom stereocenters. The molecule has 1 fully saturated rings. The third kappa shape index (κ3) is 4.42. The van der Waals surface area contributed by atoms with Gasteiger partial charge in [0.05, 0.1) is 18.6 Å². The van der Waals surface area contributed by atoms with E-state index in [9.17, 15) is 9.59 Å². The second-order valence-corrected chi connectivity index (χ2v) is 7.73. The predicted octanol–water partition coefficient (Wildman–Crippen LogP) is 3.74. The molecule has 0 aliphatic carbocycles. The summed E-state index contributed by atoms with van der Waals surface area (Å²) < 4.78 is 5.27. The van der Waals surface area contributed by atoms with Gasteiger partial charge in [0.15, 0.2) is 0 Å². The standard InChI is InChI=1S/C21H25N3O3S/c1-15-8-4-5-9-16(15)20-24(19(25)14-28-20)13-12-23(2)21(26)22-17-10-6-7-11-18(17)27-3/h4-11,20H,12-14H2,1-3H3,(H,22,26)/t20-/m0/s1. The van der Waals surface area contributed by atoms with Crippen LogP contribution in [-0.4, -0.2) is 54.7 Å². The predicted molar refractivity (Wildman–Crippen MR) is 113 cm³/mol. The van der Waals surface area contributed by atoms with Crippen LogP contribution in [0.3, 0.4) is 0 Å². The van der Waals surface area contributed by atoms with Crippen LogP contribution in [0.25, 0.3) is 0 Å². The number of anilines is 1. The van der Waals surface area contributed by atoms with Gasteiger partial charge >= 0.3 is 6.03 Å². The number of nitrogens with one attached hydrogen (secondary N) is 1. The monoisotopic (exact) mass is 399 g/mol. The number of carbonyl (C=O) groups excluding carboxylic acids is 2. The van der Waals surface area contributed by atoms with Crippen LogP contribution >= 0.6 is 11.8 Å². The average Bonchev–Trinajstić information content (AvgIpc) is 3.07. The summed E-state index contributed by atoms with van der Waals surface area (Å²) in [7, 11) is 3.29. The fourth-order valence-electron chi connectivity index (χ4n) is 3.14. The number of aryl methyl sites for hydroxylation is 1. The number of urea groups is 1. The summed E-state index contributed by atoms with van der Waals surface area (Å²) in [6.45, 7) is 2.99. The fraction of sp³-hybridized carbons (Fsp3) is 0.333. The van der Waals surface area contributed by atoms with Crippen molar-refractivity contribution in [1.82, 2.24) is 9.80 Å². The molecular formula is C21H25N3O3S. The molecule has 7 heteroatoms. The molecule has 1 aliphatic heterocycles. The topological polar surface area (TPSA) is 61.9 Å². The summed E-state index contributed by atoms with van der Waals surface area (Å²) in [5.74, 6) is 1.18. The first-order chi connectivity index (χ1) is 13.5. The number of methoxy groups -OCH3 is 1. The summed E-state index contributed by atoms with van der Waals surface area (Å²) in [6, 6.07) is 15.2. The lowest BCUT2D eigenvalue weighted by atomic mass is 10.1. The zero-order valence-electron chi connectivity index (χ0n) is 16.3. The molecule has 1 aliphatic rings. The van der Waals surface area contributed by atoms with Crippen LogP contribution in [0.4, 0.5) is 10.5 Å². The van der Waals surface area contributed by atoms with Crippen molar-refractivity contribution in [2.45, 2.75) is 12.3 Å². The maximum atomic E-state index is 12.5. The van der Waals surface area contributed by atoms with Gasteiger partial charge in [0.1, 0.15) is 11.1 Å². The summed E-state index contributed by atoms with van der Waals surface area (Å²) in [6.07, 6.45) is 0. The van der Waals surface area contributed by atoms with Gasteiger partial charge in [-0.1, -0.05) is 36.4 Å². The first-order valence-corrected chi connectivity index (χ1v) is 10.2. The maximum absolute atomic E-state index is 12.5. The Morgan fingerprint density at radius 1 is 1.25 bits per heavy atom. The van der Waals surface area contributed by atoms with Gasteiger partial charge in [0, 0.05) is 20.1 Å². The minimum atomic E-state index is -0.240. The molecule has 0 aromatic heterocycles. The molecule has 28 heavy (non-hydrogen) atoms. The van der Waals surface area contributed by atoms with Crippen LogP contribution in [-0.2, 0) is 4.79 Å². The van der Waals surface area contributed by atoms with Gasteiger partial charge in [-0.05, 0) is 30.2 Å². The Kier molecular flexibility index (Phi) is 6.46. The van der Waals surface area contributed by atoms with Gasteiger partial charge < -0.3 is 19.9 Å². The molecule has 0 bridgehead atoms. The number of nitrogens with zero attached hydrogens (tertiary/aromatic N) is 2. The van der Waals surface area contributed by atoms with Gasteiger partial charge in [0.2, 0.25) is 5.91 Å². The Balaban J connectivity index is 1.62. The van der Waals surface area contributed by atoms with Crippen molar-refractivity contribution >= 4 is 29.4 Å². The van der Waals surface area contributed by atoms with Crippen molar-refractivity contribution in [1.29, 1.82) is 0 Å². The van der Waals surface area contributed by atoms with E-state index in [2.05, 4.69) is 24.4 Å². The Morgan fingerprint density at radius 3 is 2.71 bits per heavy atom. The summed E-state index contributed by atoms with van der Waals surface area (Å²) in [4.78, 5) is 28.4. The number of benzene rings is 2. The number of thioether (sulfide) groups is 1. The van der Waals surface area contributed by atoms with E-state index < -0.39 is 0 Å². The Bertz CT molecular complexity index is 858. The fourth-order valence-corrected chi connectivity index (χ4v) is 4.45. The molecule has 0 spiro atoms. The number of likely N-dealkylation sites (N-methyl/N-ethyl adjacent to an activating group) is 1. The van der Waals surface area contributed by atoms with E-state index in [0.717, 1.165) is 5.56 Å². The highest BCUT2D eigenvalue weighted by atomic mass is 32.2. The molecule has 1 N–H and O–H groups in total. The zero-order chi connectivity index (χ0) is 20.1. The van der Waals surface area contributed by atoms with Gasteiger partial charge in [-0.2, -0.15) is 0 Å². The molecule has 0 radical (unpaired) electrons. The molecule has 3 amide bonds. The summed E-state index contributed by atoms with van der Waals surface area (Å²) in [5.41, 5.74) is 2.94. The number of hydrogen-bond donors (Lipinski definition) is 1. The van der Waals surface area contributed by atoms with Crippen LogP contribution in [0.5, 0.6) is 5.75 Å². The second kappa shape index (κ2) is 9.01. The minimum absolute atomic E-state index is 0.000575. The molecule has 2 aromatic carbocycles. The van der Waals surface area contributed by atoms with E-state index in [1.807, 2.05) is 29.2 Å². The van der Waals surface area contributed by atoms with Gasteiger partial charge in [-0.25, -0.2) is 4.79 Å². The molecule has 1 saturated heterocycles. The van der Waals surface area contributed by atoms with E-state index in [4.69, 9.17) is 4.74 Å². The third-order valence-electron chi connectivity index (χ3n) is 4.79. The Morgan fingerprint density at radius 2 is 1.96 bits per heavy atom. The lowest BCUT2D eigenvalue weighted by molar-refractivity contribution is -0.128. The van der Waals surface area contributed by atoms with Crippen molar-refractivity contribution in [3.63, 3.8) is 0 Å². The molecule has 1 heterocycles. The van der Waals surface area contributed by atoms with Crippen molar-refractivity contribution in [2.24, 2.45) is 0 Å². The minimum Gasteiger partial charge on any atom is -0.495 e. The third-order valence-corrected chi connectivity index (χ3v) is 6.03. The normalized spacial score (nSPS) is 16.2. The molecule has 148 valence electrons. The van der Waals surface area contributed by atoms with Crippen molar-refractivity contribution in [2.75, 3.05) is 38.3 Å². The van der Waals surface area contributed by atoms with Crippen molar-refractivity contribution < 1.29 is 14.3 Å². The lowest BCUT2D eigenvalue weighted by Crippen LogP contribution is -2.40. The van der Waals surface area contributed by atoms with Crippen LogP contribution in [0.1, 0.15) is 16.5 Å². The van der Waals surface area contributed by atoms with Gasteiger partial charge in [-0.15, -0.1) is 11.8 Å². The molecule has 2 aromatic rings. The quantitative estimate of drug-likeness (QED) is 0.804. The van der Waals surface area contributed by atoms with E-state index in [1.54, 1.807) is 43.0 Å². The van der Waals surface area contributed by atoms with Crippen LogP contribution < -0.4 is 10.1 Å². The number of amides is 3.